The van der Waals surface area contributed by atoms with Crippen LogP contribution in [0.4, 0.5) is 13.2 Å². The van der Waals surface area contributed by atoms with Gasteiger partial charge >= 0.3 is 6.18 Å². The van der Waals surface area contributed by atoms with E-state index in [1.807, 2.05) is 6.92 Å². The topological polar surface area (TPSA) is 73.5 Å². The van der Waals surface area contributed by atoms with E-state index in [1.165, 1.54) is 4.90 Å². The molecule has 0 aromatic heterocycles. The Bertz CT molecular complexity index is 385. The second-order valence-corrected chi connectivity index (χ2v) is 5.50. The molecule has 1 unspecified atom stereocenters. The van der Waals surface area contributed by atoms with E-state index in [9.17, 15) is 22.8 Å². The van der Waals surface area contributed by atoms with Crippen molar-refractivity contribution in [2.75, 3.05) is 39.3 Å². The minimum atomic E-state index is -4.40. The summed E-state index contributed by atoms with van der Waals surface area (Å²) < 4.78 is 39.4. The van der Waals surface area contributed by atoms with Crippen LogP contribution in [0.15, 0.2) is 0 Å². The fraction of sp³-hybridized carbons (Fsp3) is 0.857. The van der Waals surface area contributed by atoms with Crippen molar-refractivity contribution >= 4 is 11.8 Å². The lowest BCUT2D eigenvalue weighted by Crippen LogP contribution is -2.57. The first-order valence-electron chi connectivity index (χ1n) is 7.89. The highest BCUT2D eigenvalue weighted by molar-refractivity contribution is 5.83. The Hall–Kier alpha value is -1.35. The van der Waals surface area contributed by atoms with Crippen molar-refractivity contribution in [3.63, 3.8) is 0 Å². The third-order valence-electron chi connectivity index (χ3n) is 3.61. The van der Waals surface area contributed by atoms with Gasteiger partial charge in [0.05, 0.1) is 0 Å². The summed E-state index contributed by atoms with van der Waals surface area (Å²) in [4.78, 5) is 24.3. The van der Waals surface area contributed by atoms with Gasteiger partial charge in [0.25, 0.3) is 0 Å². The maximum Gasteiger partial charge on any atom is 0.405 e. The number of nitrogens with zero attached hydrogens (tertiary/aromatic N) is 1. The van der Waals surface area contributed by atoms with Crippen LogP contribution in [0.3, 0.4) is 0 Å². The molecule has 0 aliphatic carbocycles. The second kappa shape index (κ2) is 9.71. The summed E-state index contributed by atoms with van der Waals surface area (Å²) in [5, 5.41) is 7.91. The smallest absolute Gasteiger partial charge is 0.356 e. The Morgan fingerprint density at radius 2 is 1.70 bits per heavy atom. The van der Waals surface area contributed by atoms with Crippen LogP contribution in [0.25, 0.3) is 0 Å². The van der Waals surface area contributed by atoms with Crippen molar-refractivity contribution in [2.45, 2.75) is 38.4 Å². The number of rotatable bonds is 8. The lowest BCUT2D eigenvalue weighted by molar-refractivity contribution is -0.184. The van der Waals surface area contributed by atoms with Crippen LogP contribution < -0.4 is 16.0 Å². The predicted octanol–water partition coefficient (Wildman–Crippen LogP) is 0.245. The van der Waals surface area contributed by atoms with Gasteiger partial charge in [-0.05, 0) is 6.42 Å². The number of amides is 2. The average molecular weight is 338 g/mol. The van der Waals surface area contributed by atoms with Gasteiger partial charge in [-0.2, -0.15) is 13.2 Å². The number of piperazine rings is 1. The number of hydrogen-bond donors (Lipinski definition) is 3. The molecule has 134 valence electrons. The number of alkyl halides is 3. The monoisotopic (exact) mass is 338 g/mol. The van der Waals surface area contributed by atoms with Crippen LogP contribution >= 0.6 is 0 Å². The van der Waals surface area contributed by atoms with Gasteiger partial charge in [0, 0.05) is 52.1 Å². The number of hydrogen-bond acceptors (Lipinski definition) is 4. The molecule has 0 spiro atoms. The molecule has 23 heavy (non-hydrogen) atoms. The summed E-state index contributed by atoms with van der Waals surface area (Å²) in [5.41, 5.74) is 0. The predicted molar refractivity (Wildman–Crippen MR) is 79.8 cm³/mol. The molecule has 1 atom stereocenters. The minimum absolute atomic E-state index is 0.0177. The largest absolute Gasteiger partial charge is 0.405 e. The van der Waals surface area contributed by atoms with E-state index >= 15 is 0 Å². The van der Waals surface area contributed by atoms with Gasteiger partial charge in [-0.15, -0.1) is 0 Å². The van der Waals surface area contributed by atoms with Gasteiger partial charge in [0.2, 0.25) is 11.8 Å². The molecule has 1 aliphatic rings. The summed E-state index contributed by atoms with van der Waals surface area (Å²) in [6.45, 7) is 3.52. The highest BCUT2D eigenvalue weighted by atomic mass is 19.4. The van der Waals surface area contributed by atoms with Gasteiger partial charge in [0.1, 0.15) is 6.04 Å². The Balaban J connectivity index is 2.38. The fourth-order valence-corrected chi connectivity index (χ4v) is 2.32. The molecule has 0 aromatic carbocycles. The molecule has 0 bridgehead atoms. The first kappa shape index (κ1) is 19.7. The van der Waals surface area contributed by atoms with Crippen molar-refractivity contribution in [3.8, 4) is 0 Å². The molecule has 1 heterocycles. The van der Waals surface area contributed by atoms with Crippen molar-refractivity contribution in [2.24, 2.45) is 0 Å². The van der Waals surface area contributed by atoms with E-state index in [-0.39, 0.29) is 18.7 Å². The maximum atomic E-state index is 13.1. The molecule has 9 heteroatoms. The zero-order valence-corrected chi connectivity index (χ0v) is 13.3. The average Bonchev–Trinajstić information content (AvgIpc) is 2.50. The normalized spacial score (nSPS) is 17.6. The van der Waals surface area contributed by atoms with Crippen LogP contribution in [-0.2, 0) is 9.59 Å². The van der Waals surface area contributed by atoms with Gasteiger partial charge < -0.3 is 16.0 Å². The van der Waals surface area contributed by atoms with Crippen molar-refractivity contribution in [1.29, 1.82) is 0 Å². The van der Waals surface area contributed by atoms with E-state index < -0.39 is 24.7 Å². The van der Waals surface area contributed by atoms with Crippen molar-refractivity contribution < 1.29 is 22.8 Å². The first-order valence-corrected chi connectivity index (χ1v) is 7.89. The SMILES string of the molecule is CCCNC(=O)CCC(=O)NCC(N1CCNCC1)C(F)(F)F. The number of carbonyl (C=O) groups excluding carboxylic acids is 2. The minimum Gasteiger partial charge on any atom is -0.356 e. The van der Waals surface area contributed by atoms with Crippen molar-refractivity contribution in [3.05, 3.63) is 0 Å². The Morgan fingerprint density at radius 3 is 2.22 bits per heavy atom. The summed E-state index contributed by atoms with van der Waals surface area (Å²) in [7, 11) is 0. The second-order valence-electron chi connectivity index (χ2n) is 5.50. The molecule has 0 radical (unpaired) electrons. The third kappa shape index (κ3) is 7.65. The Morgan fingerprint density at radius 1 is 1.13 bits per heavy atom. The Kier molecular flexibility index (Phi) is 8.32. The molecule has 3 N–H and O–H groups in total. The Labute approximate surface area is 134 Å². The van der Waals surface area contributed by atoms with Crippen LogP contribution in [-0.4, -0.2) is 68.2 Å². The van der Waals surface area contributed by atoms with Crippen LogP contribution in [0, 0.1) is 0 Å². The zero-order chi connectivity index (χ0) is 17.3. The highest BCUT2D eigenvalue weighted by Gasteiger charge is 2.43. The third-order valence-corrected chi connectivity index (χ3v) is 3.61. The molecular formula is C14H25F3N4O2. The summed E-state index contributed by atoms with van der Waals surface area (Å²) in [6.07, 6.45) is -3.74. The molecule has 6 nitrogen and oxygen atoms in total. The van der Waals surface area contributed by atoms with E-state index in [4.69, 9.17) is 0 Å². The lowest BCUT2D eigenvalue weighted by atomic mass is 10.2. The van der Waals surface area contributed by atoms with Gasteiger partial charge in [0.15, 0.2) is 0 Å². The summed E-state index contributed by atoms with van der Waals surface area (Å²) in [5.74, 6) is -0.808. The fourth-order valence-electron chi connectivity index (χ4n) is 2.32. The van der Waals surface area contributed by atoms with E-state index in [1.54, 1.807) is 0 Å². The van der Waals surface area contributed by atoms with Gasteiger partial charge in [-0.3, -0.25) is 14.5 Å². The van der Waals surface area contributed by atoms with Crippen LogP contribution in [0.5, 0.6) is 0 Å². The molecule has 1 rings (SSSR count). The molecule has 1 saturated heterocycles. The number of halogens is 3. The lowest BCUT2D eigenvalue weighted by Gasteiger charge is -2.35. The molecule has 0 saturated carbocycles. The highest BCUT2D eigenvalue weighted by Crippen LogP contribution is 2.24. The molecular weight excluding hydrogens is 313 g/mol. The maximum absolute atomic E-state index is 13.1. The number of nitrogens with one attached hydrogen (secondary N) is 3. The van der Waals surface area contributed by atoms with Gasteiger partial charge in [-0.1, -0.05) is 6.92 Å². The molecule has 1 fully saturated rings. The van der Waals surface area contributed by atoms with Crippen LogP contribution in [0.1, 0.15) is 26.2 Å². The summed E-state index contributed by atoms with van der Waals surface area (Å²) >= 11 is 0. The zero-order valence-electron chi connectivity index (χ0n) is 13.3. The van der Waals surface area contributed by atoms with Gasteiger partial charge in [-0.25, -0.2) is 0 Å². The summed E-state index contributed by atoms with van der Waals surface area (Å²) in [6, 6.07) is -1.69. The quantitative estimate of drug-likeness (QED) is 0.593. The molecule has 1 aliphatic heterocycles. The molecule has 2 amide bonds. The standard InChI is InChI=1S/C14H25F3N4O2/c1-2-5-19-12(22)3-4-13(23)20-10-11(14(15,16)17)21-8-6-18-7-9-21/h11,18H,2-10H2,1H3,(H,19,22)(H,20,23). The van der Waals surface area contributed by atoms with E-state index in [2.05, 4.69) is 16.0 Å². The molecule has 0 aromatic rings. The van der Waals surface area contributed by atoms with Crippen molar-refractivity contribution in [1.82, 2.24) is 20.9 Å². The van der Waals surface area contributed by atoms with E-state index in [0.29, 0.717) is 32.7 Å². The van der Waals surface area contributed by atoms with Crippen LogP contribution in [0.2, 0.25) is 0 Å². The van der Waals surface area contributed by atoms with E-state index in [0.717, 1.165) is 6.42 Å². The number of carbonyl (C=O) groups is 2. The first-order chi connectivity index (χ1) is 10.8.